The Balaban J connectivity index is 2.31. The second-order valence-corrected chi connectivity index (χ2v) is 10.3. The second-order valence-electron chi connectivity index (χ2n) is 8.58. The van der Waals surface area contributed by atoms with Crippen LogP contribution in [0, 0.1) is 6.92 Å². The van der Waals surface area contributed by atoms with Gasteiger partial charge in [-0.15, -0.1) is 0 Å². The summed E-state index contributed by atoms with van der Waals surface area (Å²) in [5.41, 5.74) is 1.14. The molecule has 0 aliphatic heterocycles. The number of aryl methyl sites for hydroxylation is 1. The first kappa shape index (κ1) is 26.5. The van der Waals surface area contributed by atoms with E-state index in [9.17, 15) is 9.59 Å². The van der Waals surface area contributed by atoms with Crippen LogP contribution in [0.5, 0.6) is 5.75 Å². The maximum Gasteiger partial charge on any atom is 0.261 e. The van der Waals surface area contributed by atoms with Crippen molar-refractivity contribution in [2.24, 2.45) is 0 Å². The molecular formula is C24H29BrCl2N2O3. The van der Waals surface area contributed by atoms with Crippen molar-refractivity contribution in [1.29, 1.82) is 0 Å². The second kappa shape index (κ2) is 11.4. The largest absolute Gasteiger partial charge is 0.484 e. The van der Waals surface area contributed by atoms with E-state index < -0.39 is 11.6 Å². The molecule has 0 saturated heterocycles. The number of amides is 2. The van der Waals surface area contributed by atoms with E-state index in [1.165, 1.54) is 4.90 Å². The molecule has 0 aliphatic rings. The average Bonchev–Trinajstić information content (AvgIpc) is 2.69. The minimum absolute atomic E-state index is 0.0934. The van der Waals surface area contributed by atoms with Gasteiger partial charge in [0.05, 0.1) is 0 Å². The maximum atomic E-state index is 13.3. The van der Waals surface area contributed by atoms with E-state index in [2.05, 4.69) is 21.2 Å². The quantitative estimate of drug-likeness (QED) is 0.433. The van der Waals surface area contributed by atoms with Crippen molar-refractivity contribution in [3.63, 3.8) is 0 Å². The van der Waals surface area contributed by atoms with E-state index in [-0.39, 0.29) is 25.0 Å². The number of carbonyl (C=O) groups excluding carboxylic acids is 2. The number of halogens is 3. The van der Waals surface area contributed by atoms with Crippen LogP contribution >= 0.6 is 39.1 Å². The number of rotatable bonds is 8. The van der Waals surface area contributed by atoms with Crippen molar-refractivity contribution in [2.45, 2.75) is 59.2 Å². The van der Waals surface area contributed by atoms with Gasteiger partial charge in [0.1, 0.15) is 11.8 Å². The van der Waals surface area contributed by atoms with Crippen molar-refractivity contribution >= 4 is 50.9 Å². The molecular weight excluding hydrogens is 515 g/mol. The predicted octanol–water partition coefficient (Wildman–Crippen LogP) is 6.17. The smallest absolute Gasteiger partial charge is 0.261 e. The Hall–Kier alpha value is -1.76. The molecule has 5 nitrogen and oxygen atoms in total. The summed E-state index contributed by atoms with van der Waals surface area (Å²) in [6, 6.07) is 9.94. The first-order chi connectivity index (χ1) is 14.9. The molecule has 0 heterocycles. The van der Waals surface area contributed by atoms with Gasteiger partial charge in [0.15, 0.2) is 6.61 Å². The molecule has 0 radical (unpaired) electrons. The Labute approximate surface area is 208 Å². The third-order valence-corrected chi connectivity index (χ3v) is 6.36. The van der Waals surface area contributed by atoms with Crippen LogP contribution in [0.4, 0.5) is 0 Å². The van der Waals surface area contributed by atoms with Crippen LogP contribution in [0.25, 0.3) is 0 Å². The first-order valence-corrected chi connectivity index (χ1v) is 11.9. The molecule has 174 valence electrons. The highest BCUT2D eigenvalue weighted by atomic mass is 79.9. The Morgan fingerprint density at radius 1 is 1.16 bits per heavy atom. The van der Waals surface area contributed by atoms with Crippen LogP contribution in [-0.4, -0.2) is 34.9 Å². The molecule has 2 rings (SSSR count). The molecule has 1 atom stereocenters. The SMILES string of the molecule is CCC(C(=O)NC(C)(C)C)N(Cc1c(Cl)cccc1Cl)C(=O)COc1ccc(Br)c(C)c1. The van der Waals surface area contributed by atoms with E-state index in [4.69, 9.17) is 27.9 Å². The third kappa shape index (κ3) is 7.39. The van der Waals surface area contributed by atoms with E-state index in [0.29, 0.717) is 27.8 Å². The highest BCUT2D eigenvalue weighted by Crippen LogP contribution is 2.27. The fourth-order valence-corrected chi connectivity index (χ4v) is 3.92. The topological polar surface area (TPSA) is 58.6 Å². The summed E-state index contributed by atoms with van der Waals surface area (Å²) < 4.78 is 6.70. The van der Waals surface area contributed by atoms with Crippen molar-refractivity contribution in [3.05, 3.63) is 62.0 Å². The first-order valence-electron chi connectivity index (χ1n) is 10.4. The number of hydrogen-bond acceptors (Lipinski definition) is 3. The normalized spacial score (nSPS) is 12.2. The lowest BCUT2D eigenvalue weighted by atomic mass is 10.1. The highest BCUT2D eigenvalue weighted by molar-refractivity contribution is 9.10. The molecule has 1 N–H and O–H groups in total. The lowest BCUT2D eigenvalue weighted by molar-refractivity contribution is -0.143. The van der Waals surface area contributed by atoms with Gasteiger partial charge in [-0.05, 0) is 70.0 Å². The molecule has 1 unspecified atom stereocenters. The van der Waals surface area contributed by atoms with E-state index in [1.807, 2.05) is 46.8 Å². The van der Waals surface area contributed by atoms with E-state index in [1.54, 1.807) is 24.3 Å². The zero-order valence-corrected chi connectivity index (χ0v) is 22.1. The van der Waals surface area contributed by atoms with Gasteiger partial charge in [-0.3, -0.25) is 9.59 Å². The molecule has 0 aromatic heterocycles. The molecule has 0 saturated carbocycles. The van der Waals surface area contributed by atoms with E-state index in [0.717, 1.165) is 10.0 Å². The van der Waals surface area contributed by atoms with Gasteiger partial charge in [0, 0.05) is 32.2 Å². The molecule has 2 aromatic carbocycles. The van der Waals surface area contributed by atoms with Gasteiger partial charge in [-0.1, -0.05) is 52.1 Å². The lowest BCUT2D eigenvalue weighted by Gasteiger charge is -2.33. The van der Waals surface area contributed by atoms with Gasteiger partial charge in [-0.25, -0.2) is 0 Å². The van der Waals surface area contributed by atoms with Crippen LogP contribution in [-0.2, 0) is 16.1 Å². The lowest BCUT2D eigenvalue weighted by Crippen LogP contribution is -2.54. The van der Waals surface area contributed by atoms with Gasteiger partial charge < -0.3 is 15.0 Å². The molecule has 2 aromatic rings. The number of nitrogens with one attached hydrogen (secondary N) is 1. The van der Waals surface area contributed by atoms with Gasteiger partial charge in [0.25, 0.3) is 5.91 Å². The Bertz CT molecular complexity index is 956. The maximum absolute atomic E-state index is 13.3. The molecule has 8 heteroatoms. The van der Waals surface area contributed by atoms with E-state index >= 15 is 0 Å². The monoisotopic (exact) mass is 542 g/mol. The highest BCUT2D eigenvalue weighted by Gasteiger charge is 2.31. The standard InChI is InChI=1S/C24H29BrCl2N2O3/c1-6-21(23(31)28-24(3,4)5)29(13-17-19(26)8-7-9-20(17)27)22(30)14-32-16-10-11-18(25)15(2)12-16/h7-12,21H,6,13-14H2,1-5H3,(H,28,31). The number of hydrogen-bond donors (Lipinski definition) is 1. The number of benzene rings is 2. The molecule has 0 bridgehead atoms. The summed E-state index contributed by atoms with van der Waals surface area (Å²) in [5, 5.41) is 3.84. The Morgan fingerprint density at radius 2 is 1.78 bits per heavy atom. The van der Waals surface area contributed by atoms with Crippen molar-refractivity contribution in [3.8, 4) is 5.75 Å². The van der Waals surface area contributed by atoms with Crippen molar-refractivity contribution in [2.75, 3.05) is 6.61 Å². The number of ether oxygens (including phenoxy) is 1. The summed E-state index contributed by atoms with van der Waals surface area (Å²) in [5.74, 6) is -0.00422. The van der Waals surface area contributed by atoms with Crippen molar-refractivity contribution in [1.82, 2.24) is 10.2 Å². The zero-order valence-electron chi connectivity index (χ0n) is 19.0. The minimum Gasteiger partial charge on any atom is -0.484 e. The van der Waals surface area contributed by atoms with Gasteiger partial charge >= 0.3 is 0 Å². The average molecular weight is 544 g/mol. The van der Waals surface area contributed by atoms with Crippen LogP contribution < -0.4 is 10.1 Å². The number of nitrogens with zero attached hydrogens (tertiary/aromatic N) is 1. The zero-order chi connectivity index (χ0) is 24.1. The Morgan fingerprint density at radius 3 is 2.31 bits per heavy atom. The van der Waals surface area contributed by atoms with Gasteiger partial charge in [-0.2, -0.15) is 0 Å². The molecule has 0 aliphatic carbocycles. The van der Waals surface area contributed by atoms with Crippen LogP contribution in [0.3, 0.4) is 0 Å². The molecule has 0 spiro atoms. The fourth-order valence-electron chi connectivity index (χ4n) is 3.16. The summed E-state index contributed by atoms with van der Waals surface area (Å²) in [6.07, 6.45) is 0.424. The fraction of sp³-hybridized carbons (Fsp3) is 0.417. The van der Waals surface area contributed by atoms with Crippen LogP contribution in [0.2, 0.25) is 10.0 Å². The molecule has 32 heavy (non-hydrogen) atoms. The van der Waals surface area contributed by atoms with Crippen LogP contribution in [0.1, 0.15) is 45.2 Å². The third-order valence-electron chi connectivity index (χ3n) is 4.77. The van der Waals surface area contributed by atoms with Crippen LogP contribution in [0.15, 0.2) is 40.9 Å². The summed E-state index contributed by atoms with van der Waals surface area (Å²) >= 11 is 16.2. The number of carbonyl (C=O) groups is 2. The predicted molar refractivity (Wildman–Crippen MR) is 133 cm³/mol. The molecule has 0 fully saturated rings. The summed E-state index contributed by atoms with van der Waals surface area (Å²) in [6.45, 7) is 9.36. The molecule has 2 amide bonds. The summed E-state index contributed by atoms with van der Waals surface area (Å²) in [4.78, 5) is 27.8. The minimum atomic E-state index is -0.704. The Kier molecular flexibility index (Phi) is 9.43. The summed E-state index contributed by atoms with van der Waals surface area (Å²) in [7, 11) is 0. The van der Waals surface area contributed by atoms with Crippen molar-refractivity contribution < 1.29 is 14.3 Å². The van der Waals surface area contributed by atoms with Gasteiger partial charge in [0.2, 0.25) is 5.91 Å².